The lowest BCUT2D eigenvalue weighted by Gasteiger charge is -2.23. The van der Waals surface area contributed by atoms with Crippen molar-refractivity contribution in [1.29, 1.82) is 0 Å². The summed E-state index contributed by atoms with van der Waals surface area (Å²) < 4.78 is 5.18. The molecule has 0 aromatic carbocycles. The number of hydrogen-bond donors (Lipinski definition) is 1. The van der Waals surface area contributed by atoms with Crippen LogP contribution in [-0.2, 0) is 0 Å². The van der Waals surface area contributed by atoms with Crippen LogP contribution < -0.4 is 5.73 Å². The Balaban J connectivity index is 2.01. The lowest BCUT2D eigenvalue weighted by molar-refractivity contribution is 0.319. The number of hydrogen-bond acceptors (Lipinski definition) is 4. The molecule has 0 aliphatic heterocycles. The van der Waals surface area contributed by atoms with Gasteiger partial charge in [0.2, 0.25) is 5.89 Å². The highest BCUT2D eigenvalue weighted by atomic mass is 16.5. The molecule has 1 unspecified atom stereocenters. The molecule has 0 saturated heterocycles. The molecule has 2 N–H and O–H groups in total. The van der Waals surface area contributed by atoms with Gasteiger partial charge in [0, 0.05) is 12.3 Å². The highest BCUT2D eigenvalue weighted by Crippen LogP contribution is 2.34. The maximum Gasteiger partial charge on any atom is 0.244 e. The highest BCUT2D eigenvalue weighted by Gasteiger charge is 2.24. The van der Waals surface area contributed by atoms with E-state index < -0.39 is 0 Å². The standard InChI is InChI=1S/C13H19N3O/c1-3-4-11(14)13-15-12(16-17-13)10-7-5-9(2)6-8-10/h1,9-11H,4-8,14H2,2H3. The third kappa shape index (κ3) is 2.86. The van der Waals surface area contributed by atoms with Crippen LogP contribution in [0.3, 0.4) is 0 Å². The van der Waals surface area contributed by atoms with Gasteiger partial charge >= 0.3 is 0 Å². The molecule has 0 amide bonds. The Morgan fingerprint density at radius 1 is 1.47 bits per heavy atom. The highest BCUT2D eigenvalue weighted by molar-refractivity contribution is 5.02. The molecule has 92 valence electrons. The van der Waals surface area contributed by atoms with Gasteiger partial charge in [-0.15, -0.1) is 12.3 Å². The fourth-order valence-electron chi connectivity index (χ4n) is 2.30. The first kappa shape index (κ1) is 12.1. The van der Waals surface area contributed by atoms with Crippen LogP contribution in [0.25, 0.3) is 0 Å². The molecule has 1 fully saturated rings. The Bertz CT molecular complexity index is 399. The zero-order chi connectivity index (χ0) is 12.3. The SMILES string of the molecule is C#CCC(N)c1nc(C2CCC(C)CC2)no1. The van der Waals surface area contributed by atoms with Crippen LogP contribution in [0.5, 0.6) is 0 Å². The zero-order valence-corrected chi connectivity index (χ0v) is 10.2. The summed E-state index contributed by atoms with van der Waals surface area (Å²) in [5.41, 5.74) is 5.83. The second-order valence-electron chi connectivity index (χ2n) is 4.96. The second-order valence-corrected chi connectivity index (χ2v) is 4.96. The summed E-state index contributed by atoms with van der Waals surface area (Å²) >= 11 is 0. The molecule has 1 atom stereocenters. The number of nitrogens with two attached hydrogens (primary N) is 1. The van der Waals surface area contributed by atoms with Crippen molar-refractivity contribution in [3.05, 3.63) is 11.7 Å². The van der Waals surface area contributed by atoms with Crippen molar-refractivity contribution in [3.63, 3.8) is 0 Å². The van der Waals surface area contributed by atoms with E-state index in [-0.39, 0.29) is 6.04 Å². The zero-order valence-electron chi connectivity index (χ0n) is 10.2. The lowest BCUT2D eigenvalue weighted by Crippen LogP contribution is -2.13. The predicted molar refractivity (Wildman–Crippen MR) is 65.0 cm³/mol. The van der Waals surface area contributed by atoms with E-state index in [0.29, 0.717) is 18.2 Å². The molecule has 2 rings (SSSR count). The summed E-state index contributed by atoms with van der Waals surface area (Å²) in [5, 5.41) is 4.03. The summed E-state index contributed by atoms with van der Waals surface area (Å²) in [5.74, 6) is 5.03. The van der Waals surface area contributed by atoms with E-state index >= 15 is 0 Å². The summed E-state index contributed by atoms with van der Waals surface area (Å²) in [6.45, 7) is 2.29. The van der Waals surface area contributed by atoms with Gasteiger partial charge < -0.3 is 10.3 Å². The van der Waals surface area contributed by atoms with Crippen LogP contribution in [0.1, 0.15) is 62.7 Å². The second kappa shape index (κ2) is 5.33. The van der Waals surface area contributed by atoms with Crippen molar-refractivity contribution in [2.45, 2.75) is 51.0 Å². The van der Waals surface area contributed by atoms with Crippen molar-refractivity contribution in [3.8, 4) is 12.3 Å². The summed E-state index contributed by atoms with van der Waals surface area (Å²) in [4.78, 5) is 4.38. The molecular formula is C13H19N3O. The molecule has 1 aliphatic carbocycles. The summed E-state index contributed by atoms with van der Waals surface area (Å²) in [6, 6.07) is -0.330. The third-order valence-corrected chi connectivity index (χ3v) is 3.49. The molecule has 0 bridgehead atoms. The van der Waals surface area contributed by atoms with E-state index in [4.69, 9.17) is 16.7 Å². The van der Waals surface area contributed by atoms with Gasteiger partial charge in [0.15, 0.2) is 5.82 Å². The van der Waals surface area contributed by atoms with Gasteiger partial charge in [0.05, 0.1) is 6.04 Å². The van der Waals surface area contributed by atoms with Crippen LogP contribution in [0.2, 0.25) is 0 Å². The monoisotopic (exact) mass is 233 g/mol. The Hall–Kier alpha value is -1.34. The normalized spacial score (nSPS) is 26.4. The topological polar surface area (TPSA) is 64.9 Å². The van der Waals surface area contributed by atoms with Crippen molar-refractivity contribution < 1.29 is 4.52 Å². The summed E-state index contributed by atoms with van der Waals surface area (Å²) in [7, 11) is 0. The van der Waals surface area contributed by atoms with E-state index in [9.17, 15) is 0 Å². The molecule has 4 nitrogen and oxygen atoms in total. The molecule has 0 spiro atoms. The average Bonchev–Trinajstić information content (AvgIpc) is 2.80. The fraction of sp³-hybridized carbons (Fsp3) is 0.692. The van der Waals surface area contributed by atoms with Gasteiger partial charge in [0.1, 0.15) is 0 Å². The van der Waals surface area contributed by atoms with E-state index in [2.05, 4.69) is 23.0 Å². The Labute approximate surface area is 102 Å². The van der Waals surface area contributed by atoms with Crippen LogP contribution in [0, 0.1) is 18.3 Å². The fourth-order valence-corrected chi connectivity index (χ4v) is 2.30. The minimum absolute atomic E-state index is 0.330. The molecule has 1 aromatic rings. The molecule has 0 radical (unpaired) electrons. The van der Waals surface area contributed by atoms with E-state index in [0.717, 1.165) is 24.6 Å². The first-order valence-electron chi connectivity index (χ1n) is 6.23. The Morgan fingerprint density at radius 2 is 2.18 bits per heavy atom. The first-order valence-corrected chi connectivity index (χ1v) is 6.23. The Kier molecular flexibility index (Phi) is 3.80. The quantitative estimate of drug-likeness (QED) is 0.814. The third-order valence-electron chi connectivity index (χ3n) is 3.49. The molecule has 1 aromatic heterocycles. The van der Waals surface area contributed by atoms with E-state index in [1.807, 2.05) is 0 Å². The number of terminal acetylenes is 1. The molecule has 1 aliphatic rings. The van der Waals surface area contributed by atoms with E-state index in [1.54, 1.807) is 0 Å². The van der Waals surface area contributed by atoms with Gasteiger partial charge in [-0.25, -0.2) is 0 Å². The number of rotatable bonds is 3. The number of aromatic nitrogens is 2. The predicted octanol–water partition coefficient (Wildman–Crippen LogP) is 2.39. The molecule has 1 heterocycles. The van der Waals surface area contributed by atoms with Gasteiger partial charge in [-0.2, -0.15) is 4.98 Å². The van der Waals surface area contributed by atoms with Crippen LogP contribution in [-0.4, -0.2) is 10.1 Å². The van der Waals surface area contributed by atoms with Crippen molar-refractivity contribution >= 4 is 0 Å². The number of nitrogens with zero attached hydrogens (tertiary/aromatic N) is 2. The molecule has 17 heavy (non-hydrogen) atoms. The van der Waals surface area contributed by atoms with Crippen molar-refractivity contribution in [2.75, 3.05) is 0 Å². The largest absolute Gasteiger partial charge is 0.338 e. The minimum atomic E-state index is -0.330. The van der Waals surface area contributed by atoms with Gasteiger partial charge in [0.25, 0.3) is 0 Å². The van der Waals surface area contributed by atoms with Crippen molar-refractivity contribution in [2.24, 2.45) is 11.7 Å². The van der Waals surface area contributed by atoms with Crippen LogP contribution >= 0.6 is 0 Å². The van der Waals surface area contributed by atoms with Gasteiger partial charge in [-0.1, -0.05) is 24.9 Å². The van der Waals surface area contributed by atoms with Crippen LogP contribution in [0.15, 0.2) is 4.52 Å². The Morgan fingerprint density at radius 3 is 2.82 bits per heavy atom. The van der Waals surface area contributed by atoms with Crippen LogP contribution in [0.4, 0.5) is 0 Å². The maximum atomic E-state index is 5.83. The van der Waals surface area contributed by atoms with Crippen molar-refractivity contribution in [1.82, 2.24) is 10.1 Å². The van der Waals surface area contributed by atoms with Gasteiger partial charge in [-0.3, -0.25) is 0 Å². The van der Waals surface area contributed by atoms with Gasteiger partial charge in [-0.05, 0) is 18.8 Å². The smallest absolute Gasteiger partial charge is 0.244 e. The van der Waals surface area contributed by atoms with E-state index in [1.165, 1.54) is 12.8 Å². The average molecular weight is 233 g/mol. The first-order chi connectivity index (χ1) is 8.20. The molecular weight excluding hydrogens is 214 g/mol. The summed E-state index contributed by atoms with van der Waals surface area (Å²) in [6.07, 6.45) is 10.4. The maximum absolute atomic E-state index is 5.83. The lowest BCUT2D eigenvalue weighted by atomic mass is 9.83. The minimum Gasteiger partial charge on any atom is -0.338 e. The molecule has 1 saturated carbocycles. The molecule has 4 heteroatoms.